The number of hydrogen-bond donors (Lipinski definition) is 2. The summed E-state index contributed by atoms with van der Waals surface area (Å²) in [5.41, 5.74) is 2.83. The third kappa shape index (κ3) is 3.18. The Morgan fingerprint density at radius 2 is 2.33 bits per heavy atom. The molecule has 2 aromatic rings. The smallest absolute Gasteiger partial charge is 0.339 e. The van der Waals surface area contributed by atoms with Gasteiger partial charge in [0.15, 0.2) is 0 Å². The fraction of sp³-hybridized carbons (Fsp3) is 0.182. The van der Waals surface area contributed by atoms with E-state index in [-0.39, 0.29) is 16.5 Å². The van der Waals surface area contributed by atoms with Gasteiger partial charge in [-0.1, -0.05) is 11.6 Å². The summed E-state index contributed by atoms with van der Waals surface area (Å²) in [5, 5.41) is 14.2. The van der Waals surface area contributed by atoms with Gasteiger partial charge in [-0.05, 0) is 12.1 Å². The Morgan fingerprint density at radius 3 is 3.00 bits per heavy atom. The number of aromatic nitrogens is 2. The van der Waals surface area contributed by atoms with E-state index in [2.05, 4.69) is 15.3 Å². The second-order valence-electron chi connectivity index (χ2n) is 3.49. The van der Waals surface area contributed by atoms with E-state index in [1.807, 2.05) is 5.38 Å². The normalized spacial score (nSPS) is 10.3. The lowest BCUT2D eigenvalue weighted by Crippen LogP contribution is -2.11. The van der Waals surface area contributed by atoms with Crippen molar-refractivity contribution in [3.8, 4) is 0 Å². The van der Waals surface area contributed by atoms with Gasteiger partial charge in [-0.3, -0.25) is 0 Å². The average molecular weight is 284 g/mol. The fourth-order valence-electron chi connectivity index (χ4n) is 1.41. The van der Waals surface area contributed by atoms with E-state index in [0.717, 1.165) is 5.69 Å². The molecule has 0 aliphatic rings. The molecule has 0 spiro atoms. The van der Waals surface area contributed by atoms with Crippen LogP contribution in [0, 0.1) is 0 Å². The first kappa shape index (κ1) is 12.8. The molecule has 0 unspecified atom stereocenters. The van der Waals surface area contributed by atoms with Crippen LogP contribution in [0.15, 0.2) is 23.0 Å². The number of hydrogen-bond acceptors (Lipinski definition) is 5. The molecule has 0 saturated carbocycles. The molecular formula is C11H10ClN3O2S. The maximum atomic E-state index is 11.0. The summed E-state index contributed by atoms with van der Waals surface area (Å²) in [6.45, 7) is 0.553. The molecule has 2 N–H and O–H groups in total. The first-order valence-electron chi connectivity index (χ1n) is 5.17. The summed E-state index contributed by atoms with van der Waals surface area (Å²) in [7, 11) is 0. The Kier molecular flexibility index (Phi) is 4.11. The number of aromatic carboxylic acids is 1. The van der Waals surface area contributed by atoms with Crippen LogP contribution >= 0.6 is 22.9 Å². The highest BCUT2D eigenvalue weighted by molar-refractivity contribution is 7.07. The molecule has 94 valence electrons. The molecule has 18 heavy (non-hydrogen) atoms. The van der Waals surface area contributed by atoms with Crippen molar-refractivity contribution < 1.29 is 9.90 Å². The highest BCUT2D eigenvalue weighted by Crippen LogP contribution is 2.16. The van der Waals surface area contributed by atoms with Gasteiger partial charge >= 0.3 is 5.97 Å². The van der Waals surface area contributed by atoms with Crippen LogP contribution in [-0.2, 0) is 6.42 Å². The van der Waals surface area contributed by atoms with E-state index in [1.54, 1.807) is 5.51 Å². The highest BCUT2D eigenvalue weighted by Gasteiger charge is 2.11. The number of pyridine rings is 1. The highest BCUT2D eigenvalue weighted by atomic mass is 35.5. The molecule has 0 aliphatic heterocycles. The molecule has 7 heteroatoms. The van der Waals surface area contributed by atoms with Crippen molar-refractivity contribution in [2.45, 2.75) is 6.42 Å². The number of halogens is 1. The van der Waals surface area contributed by atoms with Crippen LogP contribution in [0.5, 0.6) is 0 Å². The molecule has 0 atom stereocenters. The van der Waals surface area contributed by atoms with Gasteiger partial charge in [0.2, 0.25) is 0 Å². The van der Waals surface area contributed by atoms with Gasteiger partial charge in [0.05, 0.1) is 11.2 Å². The SMILES string of the molecule is O=C(O)c1ccc(Cl)nc1NCCc1cscn1. The van der Waals surface area contributed by atoms with Crippen molar-refractivity contribution in [2.75, 3.05) is 11.9 Å². The van der Waals surface area contributed by atoms with E-state index < -0.39 is 5.97 Å². The molecule has 0 radical (unpaired) electrons. The zero-order valence-electron chi connectivity index (χ0n) is 9.26. The van der Waals surface area contributed by atoms with Gasteiger partial charge < -0.3 is 10.4 Å². The summed E-state index contributed by atoms with van der Waals surface area (Å²) in [5.74, 6) is -0.749. The predicted octanol–water partition coefficient (Wildman–Crippen LogP) is 2.54. The number of carboxylic acids is 1. The minimum Gasteiger partial charge on any atom is -0.478 e. The lowest BCUT2D eigenvalue weighted by Gasteiger charge is -2.07. The molecule has 5 nitrogen and oxygen atoms in total. The number of rotatable bonds is 5. The fourth-order valence-corrected chi connectivity index (χ4v) is 2.15. The van der Waals surface area contributed by atoms with Crippen LogP contribution in [0.4, 0.5) is 5.82 Å². The number of nitrogens with zero attached hydrogens (tertiary/aromatic N) is 2. The van der Waals surface area contributed by atoms with Gasteiger partial charge in [0, 0.05) is 18.3 Å². The van der Waals surface area contributed by atoms with E-state index in [9.17, 15) is 4.79 Å². The van der Waals surface area contributed by atoms with Gasteiger partial charge in [0.25, 0.3) is 0 Å². The molecule has 2 rings (SSSR count). The molecule has 0 aromatic carbocycles. The summed E-state index contributed by atoms with van der Waals surface area (Å²) < 4.78 is 0. The maximum absolute atomic E-state index is 11.0. The average Bonchev–Trinajstić information content (AvgIpc) is 2.82. The zero-order chi connectivity index (χ0) is 13.0. The first-order valence-corrected chi connectivity index (χ1v) is 6.49. The van der Waals surface area contributed by atoms with Crippen molar-refractivity contribution in [3.63, 3.8) is 0 Å². The minimum absolute atomic E-state index is 0.109. The van der Waals surface area contributed by atoms with E-state index in [0.29, 0.717) is 13.0 Å². The van der Waals surface area contributed by atoms with Crippen LogP contribution in [0.3, 0.4) is 0 Å². The van der Waals surface area contributed by atoms with Crippen LogP contribution in [0.1, 0.15) is 16.1 Å². The Hall–Kier alpha value is -1.66. The Labute approximate surface area is 112 Å². The second kappa shape index (κ2) is 5.79. The van der Waals surface area contributed by atoms with Gasteiger partial charge in [0.1, 0.15) is 16.5 Å². The van der Waals surface area contributed by atoms with Crippen molar-refractivity contribution in [1.29, 1.82) is 0 Å². The third-order valence-electron chi connectivity index (χ3n) is 2.25. The van der Waals surface area contributed by atoms with E-state index in [1.165, 1.54) is 23.5 Å². The second-order valence-corrected chi connectivity index (χ2v) is 4.60. The summed E-state index contributed by atoms with van der Waals surface area (Å²) in [6.07, 6.45) is 0.705. The minimum atomic E-state index is -1.03. The predicted molar refractivity (Wildman–Crippen MR) is 70.5 cm³/mol. The third-order valence-corrected chi connectivity index (χ3v) is 3.09. The zero-order valence-corrected chi connectivity index (χ0v) is 10.8. The number of thiazole rings is 1. The monoisotopic (exact) mass is 283 g/mol. The lowest BCUT2D eigenvalue weighted by molar-refractivity contribution is 0.0697. The van der Waals surface area contributed by atoms with Crippen LogP contribution in [0.25, 0.3) is 0 Å². The van der Waals surface area contributed by atoms with E-state index >= 15 is 0 Å². The van der Waals surface area contributed by atoms with Gasteiger partial charge in [-0.15, -0.1) is 11.3 Å². The number of anilines is 1. The largest absolute Gasteiger partial charge is 0.478 e. The molecule has 0 saturated heterocycles. The van der Waals surface area contributed by atoms with Gasteiger partial charge in [-0.2, -0.15) is 0 Å². The lowest BCUT2D eigenvalue weighted by atomic mass is 10.2. The topological polar surface area (TPSA) is 75.1 Å². The Bertz CT molecular complexity index is 545. The number of carbonyl (C=O) groups is 1. The van der Waals surface area contributed by atoms with Crippen LogP contribution in [-0.4, -0.2) is 27.6 Å². The first-order chi connectivity index (χ1) is 8.66. The number of nitrogens with one attached hydrogen (secondary N) is 1. The Balaban J connectivity index is 2.03. The van der Waals surface area contributed by atoms with E-state index in [4.69, 9.17) is 16.7 Å². The van der Waals surface area contributed by atoms with Crippen LogP contribution < -0.4 is 5.32 Å². The van der Waals surface area contributed by atoms with Crippen molar-refractivity contribution in [3.05, 3.63) is 39.4 Å². The standard InChI is InChI=1S/C11H10ClN3O2S/c12-9-2-1-8(11(16)17)10(15-9)13-4-3-7-5-18-6-14-7/h1-2,5-6H,3-4H2,(H,13,15)(H,16,17). The summed E-state index contributed by atoms with van der Waals surface area (Å²) in [6, 6.07) is 2.89. The molecular weight excluding hydrogens is 274 g/mol. The van der Waals surface area contributed by atoms with Gasteiger partial charge in [-0.25, -0.2) is 14.8 Å². The molecule has 0 amide bonds. The quantitative estimate of drug-likeness (QED) is 0.825. The van der Waals surface area contributed by atoms with Crippen molar-refractivity contribution in [1.82, 2.24) is 9.97 Å². The summed E-state index contributed by atoms with van der Waals surface area (Å²) in [4.78, 5) is 19.1. The molecule has 0 fully saturated rings. The summed E-state index contributed by atoms with van der Waals surface area (Å²) >= 11 is 7.27. The molecule has 2 aromatic heterocycles. The molecule has 2 heterocycles. The Morgan fingerprint density at radius 1 is 1.50 bits per heavy atom. The molecule has 0 bridgehead atoms. The number of carboxylic acid groups (broad SMARTS) is 1. The van der Waals surface area contributed by atoms with Crippen molar-refractivity contribution in [2.24, 2.45) is 0 Å². The maximum Gasteiger partial charge on any atom is 0.339 e. The molecule has 0 aliphatic carbocycles. The van der Waals surface area contributed by atoms with Crippen LogP contribution in [0.2, 0.25) is 5.15 Å². The van der Waals surface area contributed by atoms with Crippen molar-refractivity contribution >= 4 is 34.7 Å².